The van der Waals surface area contributed by atoms with Gasteiger partial charge in [0.2, 0.25) is 0 Å². The lowest BCUT2D eigenvalue weighted by Gasteiger charge is -2.10. The van der Waals surface area contributed by atoms with Gasteiger partial charge in [-0.05, 0) is 50.1 Å². The van der Waals surface area contributed by atoms with Gasteiger partial charge < -0.3 is 10.1 Å². The fraction of sp³-hybridized carbons (Fsp3) is 0.375. The molecule has 0 atom stereocenters. The standard InChI is InChI=1S/C16H21NOS/c1-12-4-5-13(2)16(10-12)18-9-8-17-11-15-7-6-14(3)19-15/h4-7,10,17H,8-9,11H2,1-3H3. The average Bonchev–Trinajstić information content (AvgIpc) is 2.79. The van der Waals surface area contributed by atoms with Gasteiger partial charge in [-0.3, -0.25) is 0 Å². The lowest BCUT2D eigenvalue weighted by molar-refractivity contribution is 0.311. The molecule has 1 N–H and O–H groups in total. The molecule has 0 aliphatic carbocycles. The molecule has 0 spiro atoms. The molecular formula is C16H21NOS. The van der Waals surface area contributed by atoms with Crippen molar-refractivity contribution < 1.29 is 4.74 Å². The minimum atomic E-state index is 0.703. The van der Waals surface area contributed by atoms with Crippen LogP contribution in [0, 0.1) is 20.8 Å². The number of aryl methyl sites for hydroxylation is 3. The molecule has 0 aliphatic rings. The fourth-order valence-electron chi connectivity index (χ4n) is 1.89. The van der Waals surface area contributed by atoms with Crippen LogP contribution in [0.4, 0.5) is 0 Å². The zero-order valence-electron chi connectivity index (χ0n) is 11.8. The van der Waals surface area contributed by atoms with Crippen LogP contribution in [-0.2, 0) is 6.54 Å². The highest BCUT2D eigenvalue weighted by Gasteiger charge is 2.00. The lowest BCUT2D eigenvalue weighted by atomic mass is 10.1. The van der Waals surface area contributed by atoms with Gasteiger partial charge in [0.15, 0.2) is 0 Å². The number of benzene rings is 1. The molecule has 0 amide bonds. The molecule has 0 aliphatic heterocycles. The number of hydrogen-bond acceptors (Lipinski definition) is 3. The van der Waals surface area contributed by atoms with Crippen molar-refractivity contribution in [1.82, 2.24) is 5.32 Å². The Labute approximate surface area is 119 Å². The summed E-state index contributed by atoms with van der Waals surface area (Å²) in [5, 5.41) is 3.40. The molecule has 0 bridgehead atoms. The van der Waals surface area contributed by atoms with Gasteiger partial charge in [-0.1, -0.05) is 12.1 Å². The van der Waals surface area contributed by atoms with Crippen LogP contribution in [0.15, 0.2) is 30.3 Å². The quantitative estimate of drug-likeness (QED) is 0.809. The lowest BCUT2D eigenvalue weighted by Crippen LogP contribution is -2.20. The minimum Gasteiger partial charge on any atom is -0.492 e. The molecule has 0 unspecified atom stereocenters. The first-order valence-corrected chi connectivity index (χ1v) is 7.43. The van der Waals surface area contributed by atoms with Crippen molar-refractivity contribution in [2.75, 3.05) is 13.2 Å². The summed E-state index contributed by atoms with van der Waals surface area (Å²) < 4.78 is 5.80. The molecule has 1 aromatic carbocycles. The van der Waals surface area contributed by atoms with Crippen molar-refractivity contribution in [3.8, 4) is 5.75 Å². The number of ether oxygens (including phenoxy) is 1. The monoisotopic (exact) mass is 275 g/mol. The van der Waals surface area contributed by atoms with E-state index >= 15 is 0 Å². The van der Waals surface area contributed by atoms with Crippen LogP contribution in [0.1, 0.15) is 20.9 Å². The highest BCUT2D eigenvalue weighted by atomic mass is 32.1. The van der Waals surface area contributed by atoms with Gasteiger partial charge in [-0.25, -0.2) is 0 Å². The summed E-state index contributed by atoms with van der Waals surface area (Å²) in [6, 6.07) is 10.6. The van der Waals surface area contributed by atoms with Crippen LogP contribution in [0.2, 0.25) is 0 Å². The normalized spacial score (nSPS) is 10.7. The molecule has 3 heteroatoms. The van der Waals surface area contributed by atoms with E-state index in [4.69, 9.17) is 4.74 Å². The predicted molar refractivity (Wildman–Crippen MR) is 82.2 cm³/mol. The van der Waals surface area contributed by atoms with Gasteiger partial charge in [0.1, 0.15) is 12.4 Å². The predicted octanol–water partition coefficient (Wildman–Crippen LogP) is 3.84. The molecule has 102 valence electrons. The number of rotatable bonds is 6. The minimum absolute atomic E-state index is 0.703. The molecule has 1 heterocycles. The summed E-state index contributed by atoms with van der Waals surface area (Å²) in [6.07, 6.45) is 0. The highest BCUT2D eigenvalue weighted by Crippen LogP contribution is 2.18. The number of nitrogens with one attached hydrogen (secondary N) is 1. The summed E-state index contributed by atoms with van der Waals surface area (Å²) in [4.78, 5) is 2.74. The van der Waals surface area contributed by atoms with Gasteiger partial charge in [-0.2, -0.15) is 0 Å². The third-order valence-electron chi connectivity index (χ3n) is 2.98. The van der Waals surface area contributed by atoms with Gasteiger partial charge in [0.25, 0.3) is 0 Å². The summed E-state index contributed by atoms with van der Waals surface area (Å²) >= 11 is 1.84. The van der Waals surface area contributed by atoms with Crippen molar-refractivity contribution in [3.63, 3.8) is 0 Å². The Bertz CT molecular complexity index is 533. The van der Waals surface area contributed by atoms with E-state index < -0.39 is 0 Å². The second kappa shape index (κ2) is 6.73. The molecule has 2 aromatic rings. The summed E-state index contributed by atoms with van der Waals surface area (Å²) in [7, 11) is 0. The van der Waals surface area contributed by atoms with Gasteiger partial charge >= 0.3 is 0 Å². The largest absolute Gasteiger partial charge is 0.492 e. The Morgan fingerprint density at radius 3 is 2.68 bits per heavy atom. The van der Waals surface area contributed by atoms with Crippen molar-refractivity contribution in [2.45, 2.75) is 27.3 Å². The van der Waals surface area contributed by atoms with Gasteiger partial charge in [-0.15, -0.1) is 11.3 Å². The Hall–Kier alpha value is -1.32. The van der Waals surface area contributed by atoms with Crippen LogP contribution in [0.5, 0.6) is 5.75 Å². The van der Waals surface area contributed by atoms with Crippen LogP contribution in [-0.4, -0.2) is 13.2 Å². The first-order chi connectivity index (χ1) is 9.15. The summed E-state index contributed by atoms with van der Waals surface area (Å²) in [5.74, 6) is 0.994. The third-order valence-corrected chi connectivity index (χ3v) is 3.98. The molecule has 0 fully saturated rings. The molecular weight excluding hydrogens is 254 g/mol. The molecule has 19 heavy (non-hydrogen) atoms. The highest BCUT2D eigenvalue weighted by molar-refractivity contribution is 7.11. The van der Waals surface area contributed by atoms with Crippen LogP contribution in [0.3, 0.4) is 0 Å². The van der Waals surface area contributed by atoms with E-state index in [1.807, 2.05) is 11.3 Å². The first kappa shape index (κ1) is 14.1. The molecule has 1 aromatic heterocycles. The second-order valence-electron chi connectivity index (χ2n) is 4.81. The first-order valence-electron chi connectivity index (χ1n) is 6.61. The van der Waals surface area contributed by atoms with Crippen molar-refractivity contribution in [1.29, 1.82) is 0 Å². The molecule has 0 radical (unpaired) electrons. The zero-order chi connectivity index (χ0) is 13.7. The van der Waals surface area contributed by atoms with E-state index in [0.29, 0.717) is 6.61 Å². The molecule has 0 saturated heterocycles. The molecule has 0 saturated carbocycles. The maximum absolute atomic E-state index is 5.80. The SMILES string of the molecule is Cc1ccc(C)c(OCCNCc2ccc(C)s2)c1. The third kappa shape index (κ3) is 4.37. The van der Waals surface area contributed by atoms with E-state index in [-0.39, 0.29) is 0 Å². The molecule has 2 nitrogen and oxygen atoms in total. The van der Waals surface area contributed by atoms with E-state index in [0.717, 1.165) is 18.8 Å². The Morgan fingerprint density at radius 1 is 1.11 bits per heavy atom. The average molecular weight is 275 g/mol. The number of hydrogen-bond donors (Lipinski definition) is 1. The fourth-order valence-corrected chi connectivity index (χ4v) is 2.75. The van der Waals surface area contributed by atoms with Crippen LogP contribution < -0.4 is 10.1 Å². The number of thiophene rings is 1. The van der Waals surface area contributed by atoms with Crippen LogP contribution in [0.25, 0.3) is 0 Å². The Balaban J connectivity index is 1.70. The van der Waals surface area contributed by atoms with Crippen molar-refractivity contribution in [2.24, 2.45) is 0 Å². The maximum Gasteiger partial charge on any atom is 0.122 e. The Morgan fingerprint density at radius 2 is 1.95 bits per heavy atom. The van der Waals surface area contributed by atoms with E-state index in [1.54, 1.807) is 0 Å². The van der Waals surface area contributed by atoms with Gasteiger partial charge in [0, 0.05) is 22.8 Å². The summed E-state index contributed by atoms with van der Waals surface area (Å²) in [5.41, 5.74) is 2.43. The van der Waals surface area contributed by atoms with Gasteiger partial charge in [0.05, 0.1) is 0 Å². The van der Waals surface area contributed by atoms with Crippen molar-refractivity contribution >= 4 is 11.3 Å². The van der Waals surface area contributed by atoms with Crippen molar-refractivity contribution in [3.05, 3.63) is 51.2 Å². The van der Waals surface area contributed by atoms with E-state index in [9.17, 15) is 0 Å². The Kier molecular flexibility index (Phi) is 5.00. The second-order valence-corrected chi connectivity index (χ2v) is 6.18. The van der Waals surface area contributed by atoms with E-state index in [1.165, 1.54) is 20.9 Å². The van der Waals surface area contributed by atoms with E-state index in [2.05, 4.69) is 56.4 Å². The smallest absolute Gasteiger partial charge is 0.122 e. The zero-order valence-corrected chi connectivity index (χ0v) is 12.6. The topological polar surface area (TPSA) is 21.3 Å². The van der Waals surface area contributed by atoms with Crippen LogP contribution >= 0.6 is 11.3 Å². The molecule has 2 rings (SSSR count). The summed E-state index contributed by atoms with van der Waals surface area (Å²) in [6.45, 7) is 8.80. The maximum atomic E-state index is 5.80.